The lowest BCUT2D eigenvalue weighted by molar-refractivity contribution is 0.0460. The molecule has 1 saturated heterocycles. The van der Waals surface area contributed by atoms with Crippen LogP contribution in [0.5, 0.6) is 0 Å². The van der Waals surface area contributed by atoms with E-state index < -0.39 is 0 Å². The van der Waals surface area contributed by atoms with Crippen molar-refractivity contribution in [3.63, 3.8) is 0 Å². The molecule has 120 valence electrons. The number of thioether (sulfide) groups is 1. The molecule has 2 unspecified atom stereocenters. The monoisotopic (exact) mass is 300 g/mol. The van der Waals surface area contributed by atoms with Crippen molar-refractivity contribution in [2.24, 2.45) is 5.92 Å². The number of piperazine rings is 1. The summed E-state index contributed by atoms with van der Waals surface area (Å²) in [6.45, 7) is 15.4. The molecule has 2 atom stereocenters. The van der Waals surface area contributed by atoms with Gasteiger partial charge in [-0.2, -0.15) is 11.8 Å². The second-order valence-electron chi connectivity index (χ2n) is 6.34. The smallest absolute Gasteiger partial charge is 0.0304 e. The lowest BCUT2D eigenvalue weighted by Gasteiger charge is -2.49. The maximum Gasteiger partial charge on any atom is 0.0304 e. The van der Waals surface area contributed by atoms with E-state index in [0.29, 0.717) is 5.54 Å². The molecule has 1 rings (SSSR count). The minimum atomic E-state index is 0.363. The van der Waals surface area contributed by atoms with Crippen LogP contribution in [0.2, 0.25) is 0 Å². The number of hydrogen-bond donors (Lipinski definition) is 1. The molecule has 0 aliphatic carbocycles. The summed E-state index contributed by atoms with van der Waals surface area (Å²) in [7, 11) is 0. The Morgan fingerprint density at radius 2 is 1.95 bits per heavy atom. The largest absolute Gasteiger partial charge is 0.308 e. The van der Waals surface area contributed by atoms with Crippen LogP contribution in [0, 0.1) is 5.92 Å². The zero-order valence-electron chi connectivity index (χ0n) is 14.4. The lowest BCUT2D eigenvalue weighted by Crippen LogP contribution is -2.65. The Balaban J connectivity index is 2.62. The van der Waals surface area contributed by atoms with E-state index in [0.717, 1.165) is 12.0 Å². The van der Waals surface area contributed by atoms with E-state index in [4.69, 9.17) is 0 Å². The molecular formula is C17H36N2S. The summed E-state index contributed by atoms with van der Waals surface area (Å²) >= 11 is 2.08. The lowest BCUT2D eigenvalue weighted by atomic mass is 9.85. The number of hydrogen-bond acceptors (Lipinski definition) is 3. The van der Waals surface area contributed by atoms with Crippen molar-refractivity contribution in [3.05, 3.63) is 0 Å². The molecule has 2 nitrogen and oxygen atoms in total. The molecule has 1 aliphatic rings. The highest BCUT2D eigenvalue weighted by atomic mass is 32.2. The number of nitrogens with zero attached hydrogens (tertiary/aromatic N) is 1. The quantitative estimate of drug-likeness (QED) is 0.648. The molecule has 0 radical (unpaired) electrons. The Morgan fingerprint density at radius 3 is 2.50 bits per heavy atom. The molecule has 0 spiro atoms. The van der Waals surface area contributed by atoms with Gasteiger partial charge in [-0.15, -0.1) is 0 Å². The first-order chi connectivity index (χ1) is 9.62. The molecule has 0 bridgehead atoms. The molecule has 0 aromatic rings. The first kappa shape index (κ1) is 18.3. The molecule has 0 amide bonds. The molecule has 3 heteroatoms. The van der Waals surface area contributed by atoms with Crippen molar-refractivity contribution < 1.29 is 0 Å². The van der Waals surface area contributed by atoms with E-state index in [-0.39, 0.29) is 0 Å². The zero-order valence-corrected chi connectivity index (χ0v) is 15.2. The molecule has 1 fully saturated rings. The van der Waals surface area contributed by atoms with Gasteiger partial charge in [0.2, 0.25) is 0 Å². The summed E-state index contributed by atoms with van der Waals surface area (Å²) in [6, 6.07) is 0.734. The van der Waals surface area contributed by atoms with Crippen molar-refractivity contribution in [2.45, 2.75) is 71.9 Å². The van der Waals surface area contributed by atoms with Crippen LogP contribution in [0.25, 0.3) is 0 Å². The number of rotatable bonds is 9. The Morgan fingerprint density at radius 1 is 1.25 bits per heavy atom. The van der Waals surface area contributed by atoms with Crippen LogP contribution in [0.3, 0.4) is 0 Å². The molecule has 0 aromatic carbocycles. The van der Waals surface area contributed by atoms with Crippen molar-refractivity contribution in [1.29, 1.82) is 0 Å². The van der Waals surface area contributed by atoms with Gasteiger partial charge in [0.05, 0.1) is 0 Å². The molecule has 20 heavy (non-hydrogen) atoms. The standard InChI is InChI=1S/C17H36N2S/c1-6-15(5)16-13-18-17(7-2,8-3)14-19(16)11-10-12-20-9-4/h15-16,18H,6-14H2,1-5H3. The highest BCUT2D eigenvalue weighted by Gasteiger charge is 2.37. The normalized spacial score (nSPS) is 24.8. The van der Waals surface area contributed by atoms with Crippen LogP contribution in [0.1, 0.15) is 60.3 Å². The maximum atomic E-state index is 3.88. The first-order valence-electron chi connectivity index (χ1n) is 8.69. The van der Waals surface area contributed by atoms with Crippen molar-refractivity contribution in [2.75, 3.05) is 31.1 Å². The highest BCUT2D eigenvalue weighted by Crippen LogP contribution is 2.27. The SMILES string of the molecule is CCSCCCN1CC(CC)(CC)NCC1C(C)CC. The van der Waals surface area contributed by atoms with Crippen LogP contribution in [-0.4, -0.2) is 47.6 Å². The minimum absolute atomic E-state index is 0.363. The third kappa shape index (κ3) is 4.92. The van der Waals surface area contributed by atoms with Gasteiger partial charge in [0.15, 0.2) is 0 Å². The van der Waals surface area contributed by atoms with Crippen LogP contribution in [-0.2, 0) is 0 Å². The summed E-state index contributed by atoms with van der Waals surface area (Å²) in [5.41, 5.74) is 0.363. The van der Waals surface area contributed by atoms with Gasteiger partial charge >= 0.3 is 0 Å². The van der Waals surface area contributed by atoms with E-state index >= 15 is 0 Å². The Kier molecular flexibility index (Phi) is 8.54. The van der Waals surface area contributed by atoms with Gasteiger partial charge in [-0.05, 0) is 43.2 Å². The second kappa shape index (κ2) is 9.32. The van der Waals surface area contributed by atoms with Crippen LogP contribution >= 0.6 is 11.8 Å². The summed E-state index contributed by atoms with van der Waals surface area (Å²) in [5, 5.41) is 3.88. The maximum absolute atomic E-state index is 3.88. The van der Waals surface area contributed by atoms with Gasteiger partial charge in [0.1, 0.15) is 0 Å². The third-order valence-electron chi connectivity index (χ3n) is 5.25. The molecule has 0 aromatic heterocycles. The fourth-order valence-electron chi connectivity index (χ4n) is 3.33. The molecule has 1 N–H and O–H groups in total. The summed E-state index contributed by atoms with van der Waals surface area (Å²) < 4.78 is 0. The molecular weight excluding hydrogens is 264 g/mol. The summed E-state index contributed by atoms with van der Waals surface area (Å²) in [6.07, 6.45) is 5.13. The van der Waals surface area contributed by atoms with Gasteiger partial charge in [-0.25, -0.2) is 0 Å². The van der Waals surface area contributed by atoms with Gasteiger partial charge < -0.3 is 5.32 Å². The van der Waals surface area contributed by atoms with Crippen molar-refractivity contribution in [3.8, 4) is 0 Å². The Hall–Kier alpha value is 0.270. The van der Waals surface area contributed by atoms with Crippen LogP contribution in [0.15, 0.2) is 0 Å². The minimum Gasteiger partial charge on any atom is -0.308 e. The predicted octanol–water partition coefficient (Wildman–Crippen LogP) is 4.01. The van der Waals surface area contributed by atoms with E-state index in [9.17, 15) is 0 Å². The zero-order chi connectivity index (χ0) is 15.0. The van der Waals surface area contributed by atoms with E-state index in [1.807, 2.05) is 0 Å². The average Bonchev–Trinajstić information content (AvgIpc) is 2.50. The van der Waals surface area contributed by atoms with Gasteiger partial charge in [-0.3, -0.25) is 4.90 Å². The predicted molar refractivity (Wildman–Crippen MR) is 93.7 cm³/mol. The van der Waals surface area contributed by atoms with Crippen molar-refractivity contribution in [1.82, 2.24) is 10.2 Å². The third-order valence-corrected chi connectivity index (χ3v) is 6.24. The second-order valence-corrected chi connectivity index (χ2v) is 7.74. The molecule has 1 heterocycles. The van der Waals surface area contributed by atoms with Gasteiger partial charge in [0.25, 0.3) is 0 Å². The Labute approximate surface area is 131 Å². The number of nitrogens with one attached hydrogen (secondary N) is 1. The van der Waals surface area contributed by atoms with Gasteiger partial charge in [-0.1, -0.05) is 41.0 Å². The summed E-state index contributed by atoms with van der Waals surface area (Å²) in [5.74, 6) is 3.37. The van der Waals surface area contributed by atoms with Crippen LogP contribution in [0.4, 0.5) is 0 Å². The van der Waals surface area contributed by atoms with E-state index in [2.05, 4.69) is 56.6 Å². The van der Waals surface area contributed by atoms with Gasteiger partial charge in [0, 0.05) is 24.7 Å². The average molecular weight is 301 g/mol. The van der Waals surface area contributed by atoms with E-state index in [1.54, 1.807) is 0 Å². The topological polar surface area (TPSA) is 15.3 Å². The Bertz CT molecular complexity index is 253. The van der Waals surface area contributed by atoms with Crippen molar-refractivity contribution >= 4 is 11.8 Å². The molecule has 1 aliphatic heterocycles. The summed E-state index contributed by atoms with van der Waals surface area (Å²) in [4.78, 5) is 2.80. The molecule has 0 saturated carbocycles. The highest BCUT2D eigenvalue weighted by molar-refractivity contribution is 7.99. The van der Waals surface area contributed by atoms with E-state index in [1.165, 1.54) is 56.8 Å². The first-order valence-corrected chi connectivity index (χ1v) is 9.84. The van der Waals surface area contributed by atoms with Crippen LogP contribution < -0.4 is 5.32 Å². The fourth-order valence-corrected chi connectivity index (χ4v) is 3.95. The fraction of sp³-hybridized carbons (Fsp3) is 1.00.